The molecule has 2 aromatic rings. The quantitative estimate of drug-likeness (QED) is 0.595. The lowest BCUT2D eigenvalue weighted by Gasteiger charge is -2.35. The summed E-state index contributed by atoms with van der Waals surface area (Å²) >= 11 is 12.3. The lowest BCUT2D eigenvalue weighted by Crippen LogP contribution is -2.56. The summed E-state index contributed by atoms with van der Waals surface area (Å²) in [6.45, 7) is 2.25. The van der Waals surface area contributed by atoms with Gasteiger partial charge in [-0.1, -0.05) is 29.3 Å². The summed E-state index contributed by atoms with van der Waals surface area (Å²) in [7, 11) is 1.94. The minimum absolute atomic E-state index is 0.0681. The van der Waals surface area contributed by atoms with Crippen molar-refractivity contribution in [1.29, 1.82) is 0 Å². The smallest absolute Gasteiger partial charge is 0.245 e. The second kappa shape index (κ2) is 9.76. The van der Waals surface area contributed by atoms with Crippen LogP contribution in [0.4, 0.5) is 13.2 Å². The topological polar surface area (TPSA) is 52.6 Å². The molecule has 1 atom stereocenters. The lowest BCUT2D eigenvalue weighted by molar-refractivity contribution is -0.138. The monoisotopic (exact) mass is 513 g/mol. The van der Waals surface area contributed by atoms with Crippen molar-refractivity contribution < 1.29 is 22.8 Å². The number of hydrogen-bond acceptors (Lipinski definition) is 3. The summed E-state index contributed by atoms with van der Waals surface area (Å²) in [6.07, 6.45) is 0.889. The third kappa shape index (κ3) is 5.04. The molecule has 2 fully saturated rings. The molecule has 34 heavy (non-hydrogen) atoms. The van der Waals surface area contributed by atoms with Gasteiger partial charge in [-0.15, -0.1) is 0 Å². The summed E-state index contributed by atoms with van der Waals surface area (Å²) in [5.41, 5.74) is -0.221. The minimum atomic E-state index is -1.58. The molecule has 10 heteroatoms. The summed E-state index contributed by atoms with van der Waals surface area (Å²) in [4.78, 5) is 30.5. The second-order valence-corrected chi connectivity index (χ2v) is 9.78. The van der Waals surface area contributed by atoms with Crippen LogP contribution < -0.4 is 5.32 Å². The molecule has 1 saturated heterocycles. The molecule has 182 valence electrons. The fourth-order valence-corrected chi connectivity index (χ4v) is 4.92. The first-order valence-corrected chi connectivity index (χ1v) is 11.7. The van der Waals surface area contributed by atoms with Gasteiger partial charge in [0, 0.05) is 42.6 Å². The Kier molecular flexibility index (Phi) is 7.12. The predicted octanol–water partition coefficient (Wildman–Crippen LogP) is 3.94. The molecule has 0 unspecified atom stereocenters. The first kappa shape index (κ1) is 24.8. The summed E-state index contributed by atoms with van der Waals surface area (Å²) in [5.74, 6) is -5.03. The van der Waals surface area contributed by atoms with Gasteiger partial charge in [-0.25, -0.2) is 13.2 Å². The van der Waals surface area contributed by atoms with E-state index in [4.69, 9.17) is 23.2 Å². The molecule has 1 aliphatic heterocycles. The van der Waals surface area contributed by atoms with Crippen LogP contribution in [0.1, 0.15) is 24.0 Å². The van der Waals surface area contributed by atoms with Crippen molar-refractivity contribution in [1.82, 2.24) is 15.1 Å². The molecule has 1 heterocycles. The van der Waals surface area contributed by atoms with E-state index in [1.807, 2.05) is 7.05 Å². The molecule has 4 rings (SSSR count). The third-order valence-corrected chi connectivity index (χ3v) is 7.08. The van der Waals surface area contributed by atoms with Crippen molar-refractivity contribution in [2.24, 2.45) is 0 Å². The number of benzene rings is 2. The molecule has 5 nitrogen and oxygen atoms in total. The Bertz CT molecular complexity index is 1100. The fraction of sp³-hybridized carbons (Fsp3) is 0.417. The van der Waals surface area contributed by atoms with Gasteiger partial charge >= 0.3 is 0 Å². The molecule has 2 aliphatic rings. The molecular formula is C24H24Cl2F3N3O2. The van der Waals surface area contributed by atoms with E-state index in [2.05, 4.69) is 10.2 Å². The second-order valence-electron chi connectivity index (χ2n) is 8.94. The Morgan fingerprint density at radius 2 is 1.65 bits per heavy atom. The first-order valence-electron chi connectivity index (χ1n) is 11.0. The molecule has 2 amide bonds. The zero-order valence-electron chi connectivity index (χ0n) is 18.5. The van der Waals surface area contributed by atoms with E-state index in [1.165, 1.54) is 0 Å². The van der Waals surface area contributed by atoms with Crippen LogP contribution in [0, 0.1) is 17.5 Å². The Morgan fingerprint density at radius 1 is 1.03 bits per heavy atom. The molecule has 1 aliphatic carbocycles. The highest BCUT2D eigenvalue weighted by Gasteiger charge is 2.53. The average molecular weight is 514 g/mol. The van der Waals surface area contributed by atoms with Crippen LogP contribution in [0.15, 0.2) is 30.3 Å². The van der Waals surface area contributed by atoms with Gasteiger partial charge in [-0.2, -0.15) is 0 Å². The van der Waals surface area contributed by atoms with Crippen molar-refractivity contribution in [2.45, 2.75) is 30.7 Å². The van der Waals surface area contributed by atoms with Gasteiger partial charge in [-0.3, -0.25) is 9.59 Å². The Morgan fingerprint density at radius 3 is 2.21 bits per heavy atom. The van der Waals surface area contributed by atoms with Gasteiger partial charge in [0.25, 0.3) is 0 Å². The van der Waals surface area contributed by atoms with E-state index in [0.717, 1.165) is 12.1 Å². The van der Waals surface area contributed by atoms with Crippen LogP contribution in [-0.2, 0) is 21.4 Å². The van der Waals surface area contributed by atoms with Crippen LogP contribution in [-0.4, -0.2) is 60.9 Å². The number of carbonyl (C=O) groups excluding carboxylic acids is 2. The number of piperazine rings is 1. The maximum atomic E-state index is 13.8. The average Bonchev–Trinajstić information content (AvgIpc) is 3.59. The van der Waals surface area contributed by atoms with Crippen LogP contribution in [0.5, 0.6) is 0 Å². The number of rotatable bonds is 6. The van der Waals surface area contributed by atoms with Crippen LogP contribution in [0.25, 0.3) is 0 Å². The lowest BCUT2D eigenvalue weighted by atomic mass is 9.93. The standard InChI is InChI=1S/C24H24Cl2F3N3O2/c1-31-6-8-32(9-7-31)22(33)20(12-14-10-18(27)21(29)19(28)11-14)30-23(34)24(4-5-24)16-3-2-15(25)13-17(16)26/h2-3,10-11,13,20H,4-9,12H2,1H3,(H,30,34)/t20-/m0/s1. The Hall–Kier alpha value is -2.29. The maximum absolute atomic E-state index is 13.8. The van der Waals surface area contributed by atoms with Crippen molar-refractivity contribution in [3.8, 4) is 0 Å². The van der Waals surface area contributed by atoms with E-state index < -0.39 is 34.8 Å². The predicted molar refractivity (Wildman–Crippen MR) is 123 cm³/mol. The number of amides is 2. The van der Waals surface area contributed by atoms with Crippen molar-refractivity contribution in [3.05, 3.63) is 69.0 Å². The highest BCUT2D eigenvalue weighted by molar-refractivity contribution is 6.35. The van der Waals surface area contributed by atoms with Crippen LogP contribution in [0.3, 0.4) is 0 Å². The number of nitrogens with one attached hydrogen (secondary N) is 1. The first-order chi connectivity index (χ1) is 16.1. The molecule has 2 aromatic carbocycles. The summed E-state index contributed by atoms with van der Waals surface area (Å²) in [5, 5.41) is 3.59. The molecule has 0 spiro atoms. The summed E-state index contributed by atoms with van der Waals surface area (Å²) < 4.78 is 41.1. The van der Waals surface area contributed by atoms with E-state index in [9.17, 15) is 22.8 Å². The van der Waals surface area contributed by atoms with Gasteiger partial charge in [0.15, 0.2) is 17.5 Å². The van der Waals surface area contributed by atoms with E-state index in [0.29, 0.717) is 54.6 Å². The maximum Gasteiger partial charge on any atom is 0.245 e. The van der Waals surface area contributed by atoms with Crippen molar-refractivity contribution in [2.75, 3.05) is 33.2 Å². The number of nitrogens with zero attached hydrogens (tertiary/aromatic N) is 2. The molecule has 1 saturated carbocycles. The molecule has 0 radical (unpaired) electrons. The van der Waals surface area contributed by atoms with Gasteiger partial charge in [0.1, 0.15) is 6.04 Å². The molecule has 0 aromatic heterocycles. The van der Waals surface area contributed by atoms with Gasteiger partial charge in [-0.05, 0) is 55.3 Å². The SMILES string of the molecule is CN1CCN(C(=O)[C@H](Cc2cc(F)c(F)c(F)c2)NC(=O)C2(c3ccc(Cl)cc3Cl)CC2)CC1. The summed E-state index contributed by atoms with van der Waals surface area (Å²) in [6, 6.07) is 5.51. The van der Waals surface area contributed by atoms with E-state index in [-0.39, 0.29) is 17.9 Å². The molecule has 0 bridgehead atoms. The zero-order chi connectivity index (χ0) is 24.6. The van der Waals surface area contributed by atoms with Crippen LogP contribution >= 0.6 is 23.2 Å². The third-order valence-electron chi connectivity index (χ3n) is 6.53. The molecule has 1 N–H and O–H groups in total. The van der Waals surface area contributed by atoms with E-state index >= 15 is 0 Å². The Labute approximate surface area is 205 Å². The Balaban J connectivity index is 1.60. The minimum Gasteiger partial charge on any atom is -0.343 e. The number of likely N-dealkylation sites (N-methyl/N-ethyl adjacent to an activating group) is 1. The van der Waals surface area contributed by atoms with Gasteiger partial charge < -0.3 is 15.1 Å². The highest BCUT2D eigenvalue weighted by atomic mass is 35.5. The number of hydrogen-bond donors (Lipinski definition) is 1. The van der Waals surface area contributed by atoms with E-state index in [1.54, 1.807) is 23.1 Å². The highest BCUT2D eigenvalue weighted by Crippen LogP contribution is 2.51. The van der Waals surface area contributed by atoms with Gasteiger partial charge in [0.2, 0.25) is 11.8 Å². The van der Waals surface area contributed by atoms with Crippen molar-refractivity contribution in [3.63, 3.8) is 0 Å². The normalized spacial score (nSPS) is 18.5. The van der Waals surface area contributed by atoms with Crippen LogP contribution in [0.2, 0.25) is 10.0 Å². The number of carbonyl (C=O) groups is 2. The van der Waals surface area contributed by atoms with Gasteiger partial charge in [0.05, 0.1) is 5.41 Å². The largest absolute Gasteiger partial charge is 0.343 e. The zero-order valence-corrected chi connectivity index (χ0v) is 20.0. The number of halogens is 5. The van der Waals surface area contributed by atoms with Crippen molar-refractivity contribution >= 4 is 35.0 Å². The molecular weight excluding hydrogens is 490 g/mol. The fourth-order valence-electron chi connectivity index (χ4n) is 4.33.